The van der Waals surface area contributed by atoms with Crippen LogP contribution in [-0.2, 0) is 23.3 Å². The fraction of sp³-hybridized carbons (Fsp3) is 0.727. The number of nitrogens with zero attached hydrogens (tertiary/aromatic N) is 2. The first kappa shape index (κ1) is 12.6. The monoisotopic (exact) mass is 257 g/mol. The predicted molar refractivity (Wildman–Crippen MR) is 66.6 cm³/mol. The second-order valence-corrected chi connectivity index (χ2v) is 6.89. The first-order valence-corrected chi connectivity index (χ1v) is 7.79. The molecule has 5 nitrogen and oxygen atoms in total. The number of sulfone groups is 1. The van der Waals surface area contributed by atoms with Gasteiger partial charge in [-0.3, -0.25) is 0 Å². The fourth-order valence-corrected chi connectivity index (χ4v) is 3.61. The molecule has 2 rings (SSSR count). The van der Waals surface area contributed by atoms with Gasteiger partial charge in [-0.05, 0) is 12.8 Å². The van der Waals surface area contributed by atoms with E-state index in [1.54, 1.807) is 6.20 Å². The topological polar surface area (TPSA) is 64.0 Å². The summed E-state index contributed by atoms with van der Waals surface area (Å²) in [5.41, 5.74) is 0. The molecule has 0 bridgehead atoms. The first-order valence-electron chi connectivity index (χ1n) is 5.97. The predicted octanol–water partition coefficient (Wildman–Crippen LogP) is 0.129. The molecule has 0 aliphatic carbocycles. The Balaban J connectivity index is 1.72. The standard InChI is InChI=1S/C11H19N3O2S/c1-14-7-6-13-11(14)2-5-12-10-3-8-17(15,16)9-4-10/h6-7,10,12H,2-5,8-9H2,1H3. The first-order chi connectivity index (χ1) is 8.07. The molecule has 1 saturated heterocycles. The zero-order valence-corrected chi connectivity index (χ0v) is 10.9. The van der Waals surface area contributed by atoms with Crippen LogP contribution in [0, 0.1) is 0 Å². The molecule has 0 spiro atoms. The molecule has 0 amide bonds. The molecule has 0 aromatic carbocycles. The van der Waals surface area contributed by atoms with E-state index >= 15 is 0 Å². The number of hydrogen-bond acceptors (Lipinski definition) is 4. The molecule has 1 aliphatic rings. The van der Waals surface area contributed by atoms with Crippen LogP contribution in [0.2, 0.25) is 0 Å². The van der Waals surface area contributed by atoms with Gasteiger partial charge < -0.3 is 9.88 Å². The lowest BCUT2D eigenvalue weighted by Gasteiger charge is -2.22. The number of aryl methyl sites for hydroxylation is 1. The average Bonchev–Trinajstić information content (AvgIpc) is 2.67. The number of aromatic nitrogens is 2. The molecule has 1 fully saturated rings. The van der Waals surface area contributed by atoms with Gasteiger partial charge in [0.25, 0.3) is 0 Å². The van der Waals surface area contributed by atoms with Gasteiger partial charge in [0, 0.05) is 38.4 Å². The molecule has 2 heterocycles. The summed E-state index contributed by atoms with van der Waals surface area (Å²) >= 11 is 0. The molecule has 0 unspecified atom stereocenters. The van der Waals surface area contributed by atoms with Gasteiger partial charge in [0.2, 0.25) is 0 Å². The second-order valence-electron chi connectivity index (χ2n) is 4.58. The van der Waals surface area contributed by atoms with Crippen molar-refractivity contribution < 1.29 is 8.42 Å². The highest BCUT2D eigenvalue weighted by Crippen LogP contribution is 2.11. The van der Waals surface area contributed by atoms with E-state index in [1.165, 1.54) is 0 Å². The Morgan fingerprint density at radius 3 is 2.76 bits per heavy atom. The fourth-order valence-electron chi connectivity index (χ4n) is 2.12. The van der Waals surface area contributed by atoms with E-state index in [2.05, 4.69) is 10.3 Å². The van der Waals surface area contributed by atoms with Crippen LogP contribution in [0.5, 0.6) is 0 Å². The Labute approximate surface area is 102 Å². The molecule has 1 aromatic heterocycles. The maximum Gasteiger partial charge on any atom is 0.150 e. The Hall–Kier alpha value is -0.880. The van der Waals surface area contributed by atoms with E-state index in [9.17, 15) is 8.42 Å². The molecule has 17 heavy (non-hydrogen) atoms. The average molecular weight is 257 g/mol. The van der Waals surface area contributed by atoms with E-state index in [4.69, 9.17) is 0 Å². The highest BCUT2D eigenvalue weighted by atomic mass is 32.2. The molecular formula is C11H19N3O2S. The smallest absolute Gasteiger partial charge is 0.150 e. The lowest BCUT2D eigenvalue weighted by Crippen LogP contribution is -2.38. The summed E-state index contributed by atoms with van der Waals surface area (Å²) in [4.78, 5) is 4.25. The van der Waals surface area contributed by atoms with Crippen molar-refractivity contribution in [2.75, 3.05) is 18.1 Å². The van der Waals surface area contributed by atoms with Crippen molar-refractivity contribution in [3.63, 3.8) is 0 Å². The number of hydrogen-bond donors (Lipinski definition) is 1. The van der Waals surface area contributed by atoms with E-state index in [0.717, 1.165) is 31.6 Å². The van der Waals surface area contributed by atoms with Gasteiger partial charge in [-0.15, -0.1) is 0 Å². The van der Waals surface area contributed by atoms with E-state index in [-0.39, 0.29) is 0 Å². The van der Waals surface area contributed by atoms with Crippen LogP contribution >= 0.6 is 0 Å². The van der Waals surface area contributed by atoms with E-state index in [0.29, 0.717) is 17.5 Å². The van der Waals surface area contributed by atoms with Crippen LogP contribution in [0.3, 0.4) is 0 Å². The van der Waals surface area contributed by atoms with Crippen molar-refractivity contribution in [3.05, 3.63) is 18.2 Å². The second kappa shape index (κ2) is 5.18. The zero-order valence-electron chi connectivity index (χ0n) is 10.1. The molecular weight excluding hydrogens is 238 g/mol. The molecule has 96 valence electrons. The highest BCUT2D eigenvalue weighted by molar-refractivity contribution is 7.91. The summed E-state index contributed by atoms with van der Waals surface area (Å²) in [5.74, 6) is 1.71. The SMILES string of the molecule is Cn1ccnc1CCNC1CCS(=O)(=O)CC1. The normalized spacial score (nSPS) is 20.5. The number of rotatable bonds is 4. The summed E-state index contributed by atoms with van der Waals surface area (Å²) < 4.78 is 24.5. The minimum atomic E-state index is -2.75. The molecule has 6 heteroatoms. The Morgan fingerprint density at radius 2 is 2.18 bits per heavy atom. The summed E-state index contributed by atoms with van der Waals surface area (Å²) in [7, 11) is -0.765. The van der Waals surface area contributed by atoms with Crippen LogP contribution < -0.4 is 5.32 Å². The summed E-state index contributed by atoms with van der Waals surface area (Å²) in [6.07, 6.45) is 6.09. The lowest BCUT2D eigenvalue weighted by molar-refractivity contribution is 0.463. The molecule has 1 aliphatic heterocycles. The van der Waals surface area contributed by atoms with E-state index in [1.807, 2.05) is 17.8 Å². The van der Waals surface area contributed by atoms with Gasteiger partial charge in [0.1, 0.15) is 15.7 Å². The minimum absolute atomic E-state index is 0.326. The number of nitrogens with one attached hydrogen (secondary N) is 1. The molecule has 0 radical (unpaired) electrons. The Morgan fingerprint density at radius 1 is 1.47 bits per heavy atom. The minimum Gasteiger partial charge on any atom is -0.338 e. The maximum atomic E-state index is 11.3. The van der Waals surface area contributed by atoms with Gasteiger partial charge in [-0.1, -0.05) is 0 Å². The zero-order chi connectivity index (χ0) is 12.3. The third-order valence-corrected chi connectivity index (χ3v) is 4.97. The molecule has 1 aromatic rings. The third kappa shape index (κ3) is 3.54. The van der Waals surface area contributed by atoms with Gasteiger partial charge in [-0.25, -0.2) is 13.4 Å². The highest BCUT2D eigenvalue weighted by Gasteiger charge is 2.22. The molecule has 1 N–H and O–H groups in total. The van der Waals surface area contributed by atoms with Gasteiger partial charge >= 0.3 is 0 Å². The largest absolute Gasteiger partial charge is 0.338 e. The lowest BCUT2D eigenvalue weighted by atomic mass is 10.1. The van der Waals surface area contributed by atoms with Crippen molar-refractivity contribution in [1.82, 2.24) is 14.9 Å². The number of imidazole rings is 1. The Kier molecular flexibility index (Phi) is 3.83. The van der Waals surface area contributed by atoms with Crippen LogP contribution in [0.15, 0.2) is 12.4 Å². The van der Waals surface area contributed by atoms with Crippen molar-refractivity contribution in [3.8, 4) is 0 Å². The van der Waals surface area contributed by atoms with E-state index < -0.39 is 9.84 Å². The van der Waals surface area contributed by atoms with Crippen molar-refractivity contribution in [2.24, 2.45) is 7.05 Å². The van der Waals surface area contributed by atoms with Crippen LogP contribution in [-0.4, -0.2) is 42.1 Å². The van der Waals surface area contributed by atoms with Crippen molar-refractivity contribution in [2.45, 2.75) is 25.3 Å². The van der Waals surface area contributed by atoms with Gasteiger partial charge in [0.15, 0.2) is 0 Å². The maximum absolute atomic E-state index is 11.3. The van der Waals surface area contributed by atoms with Crippen molar-refractivity contribution >= 4 is 9.84 Å². The van der Waals surface area contributed by atoms with Crippen LogP contribution in [0.1, 0.15) is 18.7 Å². The van der Waals surface area contributed by atoms with Gasteiger partial charge in [-0.2, -0.15) is 0 Å². The summed E-state index contributed by atoms with van der Waals surface area (Å²) in [6.45, 7) is 0.857. The molecule has 0 atom stereocenters. The van der Waals surface area contributed by atoms with Crippen LogP contribution in [0.25, 0.3) is 0 Å². The van der Waals surface area contributed by atoms with Gasteiger partial charge in [0.05, 0.1) is 11.5 Å². The van der Waals surface area contributed by atoms with Crippen LogP contribution in [0.4, 0.5) is 0 Å². The third-order valence-electron chi connectivity index (χ3n) is 3.26. The van der Waals surface area contributed by atoms with Crippen molar-refractivity contribution in [1.29, 1.82) is 0 Å². The summed E-state index contributed by atoms with van der Waals surface area (Å²) in [5, 5.41) is 3.41. The quantitative estimate of drug-likeness (QED) is 0.833. The molecule has 0 saturated carbocycles. The Bertz CT molecular complexity index is 453. The summed E-state index contributed by atoms with van der Waals surface area (Å²) in [6, 6.07) is 0.346.